The lowest BCUT2D eigenvalue weighted by Gasteiger charge is -2.14. The molecule has 5 rings (SSSR count). The number of benzene rings is 1. The first-order valence-corrected chi connectivity index (χ1v) is 11.8. The summed E-state index contributed by atoms with van der Waals surface area (Å²) in [6.07, 6.45) is 6.80. The van der Waals surface area contributed by atoms with Gasteiger partial charge in [0.1, 0.15) is 4.90 Å². The number of carbonyl (C=O) groups excluding carboxylic acids is 2. The number of Topliss-reactive ketones (excluding diaryl/α,β-unsaturated/α-hetero) is 1. The van der Waals surface area contributed by atoms with Gasteiger partial charge >= 0.3 is 6.03 Å². The third kappa shape index (κ3) is 3.20. The second kappa shape index (κ2) is 7.21. The summed E-state index contributed by atoms with van der Waals surface area (Å²) in [6.45, 7) is 1.10. The summed E-state index contributed by atoms with van der Waals surface area (Å²) in [6, 6.07) is 1.17. The monoisotopic (exact) mass is 429 g/mol. The minimum absolute atomic E-state index is 0.0921. The number of ether oxygens (including phenoxy) is 1. The van der Waals surface area contributed by atoms with Gasteiger partial charge in [0.25, 0.3) is 0 Å². The van der Waals surface area contributed by atoms with E-state index in [2.05, 4.69) is 14.8 Å². The second-order valence-electron chi connectivity index (χ2n) is 7.87. The van der Waals surface area contributed by atoms with E-state index in [1.807, 2.05) is 6.07 Å². The van der Waals surface area contributed by atoms with Crippen LogP contribution in [0.5, 0.6) is 5.88 Å². The molecule has 2 aromatic rings. The highest BCUT2D eigenvalue weighted by Crippen LogP contribution is 2.38. The van der Waals surface area contributed by atoms with Gasteiger partial charge in [-0.15, -0.1) is 4.36 Å². The second-order valence-corrected chi connectivity index (χ2v) is 9.63. The first-order chi connectivity index (χ1) is 14.4. The molecule has 0 saturated carbocycles. The molecule has 30 heavy (non-hydrogen) atoms. The number of fused-ring (bicyclic) bond motifs is 3. The minimum Gasteiger partial charge on any atom is -0.477 e. The summed E-state index contributed by atoms with van der Waals surface area (Å²) in [5.74, 6) is 0.401. The molecule has 1 aliphatic heterocycles. The van der Waals surface area contributed by atoms with Crippen molar-refractivity contribution < 1.29 is 18.5 Å². The molecule has 3 N–H and O–H groups in total. The summed E-state index contributed by atoms with van der Waals surface area (Å²) >= 11 is 0. The zero-order valence-electron chi connectivity index (χ0n) is 16.5. The lowest BCUT2D eigenvalue weighted by Crippen LogP contribution is -2.19. The van der Waals surface area contributed by atoms with Gasteiger partial charge in [-0.05, 0) is 61.3 Å². The highest BCUT2D eigenvalue weighted by atomic mass is 32.2. The molecule has 0 bridgehead atoms. The molecule has 0 fully saturated rings. The lowest BCUT2D eigenvalue weighted by molar-refractivity contribution is 0.0994. The van der Waals surface area contributed by atoms with Crippen LogP contribution in [-0.4, -0.2) is 32.4 Å². The molecule has 1 aromatic heterocycles. The maximum atomic E-state index is 13.1. The fraction of sp³-hybridized carbons (Fsp3) is 0.450. The van der Waals surface area contributed by atoms with Gasteiger partial charge in [0.2, 0.25) is 5.88 Å². The van der Waals surface area contributed by atoms with Crippen LogP contribution >= 0.6 is 0 Å². The molecule has 1 unspecified atom stereocenters. The molecule has 2 aliphatic carbocycles. The molecular formula is C20H23N5O4S. The zero-order valence-corrected chi connectivity index (χ0v) is 17.3. The third-order valence-corrected chi connectivity index (χ3v) is 7.29. The summed E-state index contributed by atoms with van der Waals surface area (Å²) in [4.78, 5) is 25.1. The van der Waals surface area contributed by atoms with Crippen molar-refractivity contribution in [1.29, 1.82) is 0 Å². The van der Waals surface area contributed by atoms with Crippen LogP contribution in [0.1, 0.15) is 52.7 Å². The van der Waals surface area contributed by atoms with Crippen LogP contribution in [0.25, 0.3) is 0 Å². The highest BCUT2D eigenvalue weighted by Gasteiger charge is 2.29. The molecule has 1 aromatic carbocycles. The highest BCUT2D eigenvalue weighted by molar-refractivity contribution is 7.91. The summed E-state index contributed by atoms with van der Waals surface area (Å²) < 4.78 is 24.2. The van der Waals surface area contributed by atoms with Gasteiger partial charge in [0, 0.05) is 24.2 Å². The standard InChI is InChI=1S/C20H23N5O4S/c21-30(28,17-11-22-25-8-1-2-9-29-19(17)25)24-20(27)23-18-13-5-3-4-12(13)10-15-14(18)6-7-16(15)26/h10-11H,1-9H2,(H3,21,23,24,27,28). The molecule has 2 amide bonds. The number of nitrogens with two attached hydrogens (primary N) is 1. The van der Waals surface area contributed by atoms with Crippen LogP contribution in [0.15, 0.2) is 21.5 Å². The topological polar surface area (TPSA) is 129 Å². The van der Waals surface area contributed by atoms with Crippen molar-refractivity contribution in [2.24, 2.45) is 9.50 Å². The van der Waals surface area contributed by atoms with Gasteiger partial charge in [-0.3, -0.25) is 4.79 Å². The largest absolute Gasteiger partial charge is 0.477 e. The van der Waals surface area contributed by atoms with Crippen LogP contribution in [-0.2, 0) is 35.7 Å². The smallest absolute Gasteiger partial charge is 0.354 e. The Balaban J connectivity index is 1.49. The van der Waals surface area contributed by atoms with E-state index in [4.69, 9.17) is 9.88 Å². The van der Waals surface area contributed by atoms with Gasteiger partial charge in [0.15, 0.2) is 15.7 Å². The van der Waals surface area contributed by atoms with Crippen molar-refractivity contribution in [1.82, 2.24) is 9.78 Å². The summed E-state index contributed by atoms with van der Waals surface area (Å²) in [7, 11) is -3.55. The summed E-state index contributed by atoms with van der Waals surface area (Å²) in [5, 5.41) is 12.9. The van der Waals surface area contributed by atoms with Gasteiger partial charge in [-0.2, -0.15) is 5.10 Å². The van der Waals surface area contributed by atoms with Crippen molar-refractivity contribution >= 4 is 27.4 Å². The lowest BCUT2D eigenvalue weighted by atomic mass is 9.98. The van der Waals surface area contributed by atoms with Crippen molar-refractivity contribution in [2.75, 3.05) is 11.9 Å². The number of anilines is 1. The fourth-order valence-corrected chi connectivity index (χ4v) is 5.52. The van der Waals surface area contributed by atoms with Crippen LogP contribution in [0.2, 0.25) is 0 Å². The van der Waals surface area contributed by atoms with E-state index in [1.54, 1.807) is 4.68 Å². The average Bonchev–Trinajstić information content (AvgIpc) is 3.38. The molecule has 0 spiro atoms. The first kappa shape index (κ1) is 19.3. The molecule has 2 heterocycles. The van der Waals surface area contributed by atoms with Crippen molar-refractivity contribution in [2.45, 2.75) is 56.4 Å². The van der Waals surface area contributed by atoms with Crippen LogP contribution in [0.4, 0.5) is 10.5 Å². The summed E-state index contributed by atoms with van der Waals surface area (Å²) in [5.41, 5.74) is 4.28. The number of hydrogen-bond donors (Lipinski definition) is 2. The number of carbonyl (C=O) groups is 2. The van der Waals surface area contributed by atoms with Crippen LogP contribution < -0.4 is 15.2 Å². The quantitative estimate of drug-likeness (QED) is 0.758. The number of nitrogens with zero attached hydrogens (tertiary/aromatic N) is 3. The SMILES string of the molecule is NS(=O)(=NC(=O)Nc1c2c(cc3c1CCC3=O)CCC2)c1cnn2c1OCCCC2. The first-order valence-electron chi connectivity index (χ1n) is 10.2. The maximum absolute atomic E-state index is 13.1. The minimum atomic E-state index is -3.55. The Morgan fingerprint density at radius 2 is 2.07 bits per heavy atom. The average molecular weight is 430 g/mol. The number of urea groups is 1. The predicted octanol–water partition coefficient (Wildman–Crippen LogP) is 2.61. The van der Waals surface area contributed by atoms with E-state index in [0.29, 0.717) is 43.1 Å². The molecule has 10 heteroatoms. The van der Waals surface area contributed by atoms with Crippen LogP contribution in [0, 0.1) is 0 Å². The molecule has 1 atom stereocenters. The molecular weight excluding hydrogens is 406 g/mol. The van der Waals surface area contributed by atoms with Gasteiger partial charge in [-0.1, -0.05) is 0 Å². The number of rotatable bonds is 2. The molecule has 158 valence electrons. The molecule has 0 saturated heterocycles. The van der Waals surface area contributed by atoms with Crippen molar-refractivity contribution in [3.8, 4) is 5.88 Å². The third-order valence-electron chi connectivity index (χ3n) is 5.94. The van der Waals surface area contributed by atoms with E-state index in [1.165, 1.54) is 6.20 Å². The fourth-order valence-electron chi connectivity index (χ4n) is 4.52. The number of ketones is 1. The number of hydrogen-bond acceptors (Lipinski definition) is 5. The van der Waals surface area contributed by atoms with E-state index in [-0.39, 0.29) is 10.7 Å². The molecule has 0 radical (unpaired) electrons. The van der Waals surface area contributed by atoms with Crippen molar-refractivity contribution in [3.63, 3.8) is 0 Å². The number of aryl methyl sites for hydroxylation is 2. The predicted molar refractivity (Wildman–Crippen MR) is 110 cm³/mol. The Morgan fingerprint density at radius 3 is 2.93 bits per heavy atom. The Morgan fingerprint density at radius 1 is 1.20 bits per heavy atom. The Labute approximate surface area is 174 Å². The van der Waals surface area contributed by atoms with E-state index in [0.717, 1.165) is 48.8 Å². The maximum Gasteiger partial charge on any atom is 0.354 e. The van der Waals surface area contributed by atoms with E-state index < -0.39 is 15.9 Å². The Hall–Kier alpha value is -2.72. The van der Waals surface area contributed by atoms with Gasteiger partial charge < -0.3 is 10.1 Å². The number of nitrogens with one attached hydrogen (secondary N) is 1. The van der Waals surface area contributed by atoms with Gasteiger partial charge in [0.05, 0.1) is 12.8 Å². The van der Waals surface area contributed by atoms with Gasteiger partial charge in [-0.25, -0.2) is 18.8 Å². The zero-order chi connectivity index (χ0) is 20.9. The molecule has 3 aliphatic rings. The number of amides is 2. The van der Waals surface area contributed by atoms with E-state index in [9.17, 15) is 13.8 Å². The van der Waals surface area contributed by atoms with E-state index >= 15 is 0 Å². The Bertz CT molecular complexity index is 1190. The Kier molecular flexibility index (Phi) is 4.62. The molecule has 9 nitrogen and oxygen atoms in total. The van der Waals surface area contributed by atoms with Crippen molar-refractivity contribution in [3.05, 3.63) is 34.5 Å². The number of aromatic nitrogens is 2. The van der Waals surface area contributed by atoms with Crippen LogP contribution in [0.3, 0.4) is 0 Å². The normalized spacial score (nSPS) is 19.2.